The van der Waals surface area contributed by atoms with Crippen molar-refractivity contribution < 1.29 is 34.8 Å². The van der Waals surface area contributed by atoms with Crippen LogP contribution in [0, 0.1) is 34.5 Å². The number of nitrogens with zero attached hydrogens (tertiary/aromatic N) is 4. The Balaban J connectivity index is 0.000000355. The van der Waals surface area contributed by atoms with Crippen molar-refractivity contribution in [2.45, 2.75) is 123 Å². The summed E-state index contributed by atoms with van der Waals surface area (Å²) in [6.07, 6.45) is 5.85. The number of nitriles is 2. The molecule has 0 aliphatic carbocycles. The van der Waals surface area contributed by atoms with E-state index in [9.17, 15) is 40.5 Å². The SMILES string of the molecule is CCC(=O)Cc1cccc(CCN(C)CCCC(C#N)(c2ccc(CO)c(CO)c2)C(C)C)c1.COC(=O)c1ccccc1CCN(C)CCCC(C#N)(c1ccc(CO)c(CO)c1)C(C)C. The second-order valence-electron chi connectivity index (χ2n) is 18.4. The number of aliphatic hydroxyl groups is 4. The van der Waals surface area contributed by atoms with Gasteiger partial charge in [-0.3, -0.25) is 4.79 Å². The van der Waals surface area contributed by atoms with Gasteiger partial charge >= 0.3 is 5.97 Å². The van der Waals surface area contributed by atoms with E-state index >= 15 is 0 Å². The highest BCUT2D eigenvalue weighted by atomic mass is 16.5. The molecule has 0 fully saturated rings. The minimum Gasteiger partial charge on any atom is -0.465 e. The monoisotopic (exact) mass is 917 g/mol. The molecule has 0 radical (unpaired) electrons. The highest BCUT2D eigenvalue weighted by molar-refractivity contribution is 5.91. The van der Waals surface area contributed by atoms with Crippen molar-refractivity contribution >= 4 is 11.8 Å². The molecule has 11 nitrogen and oxygen atoms in total. The molecule has 2 unspecified atom stereocenters. The molecule has 0 saturated carbocycles. The van der Waals surface area contributed by atoms with Gasteiger partial charge in [-0.15, -0.1) is 0 Å². The van der Waals surface area contributed by atoms with Gasteiger partial charge in [0.2, 0.25) is 0 Å². The van der Waals surface area contributed by atoms with Crippen molar-refractivity contribution in [3.8, 4) is 12.1 Å². The van der Waals surface area contributed by atoms with Crippen molar-refractivity contribution in [1.82, 2.24) is 9.80 Å². The van der Waals surface area contributed by atoms with Crippen LogP contribution in [0.4, 0.5) is 0 Å². The Bertz CT molecular complexity index is 2260. The van der Waals surface area contributed by atoms with Crippen LogP contribution in [-0.4, -0.2) is 89.4 Å². The molecule has 0 spiro atoms. The zero-order chi connectivity index (χ0) is 49.6. The first kappa shape index (κ1) is 56.1. The zero-order valence-electron chi connectivity index (χ0n) is 41.4. The third kappa shape index (κ3) is 15.7. The first-order valence-electron chi connectivity index (χ1n) is 23.7. The highest BCUT2D eigenvalue weighted by Crippen LogP contribution is 2.39. The van der Waals surface area contributed by atoms with E-state index in [1.165, 1.54) is 12.7 Å². The lowest BCUT2D eigenvalue weighted by atomic mass is 9.69. The summed E-state index contributed by atoms with van der Waals surface area (Å²) >= 11 is 0. The van der Waals surface area contributed by atoms with Gasteiger partial charge in [-0.2, -0.15) is 10.5 Å². The largest absolute Gasteiger partial charge is 0.465 e. The number of ether oxygens (including phenoxy) is 1. The lowest BCUT2D eigenvalue weighted by Crippen LogP contribution is -2.33. The lowest BCUT2D eigenvalue weighted by Gasteiger charge is -2.33. The number of likely N-dealkylation sites (N-methyl/N-ethyl adjacent to an activating group) is 2. The number of ketones is 1. The second-order valence-corrected chi connectivity index (χ2v) is 18.4. The van der Waals surface area contributed by atoms with E-state index in [2.05, 4.69) is 68.8 Å². The van der Waals surface area contributed by atoms with Crippen LogP contribution in [0.15, 0.2) is 84.9 Å². The number of hydrogen-bond acceptors (Lipinski definition) is 11. The Morgan fingerprint density at radius 2 is 1.09 bits per heavy atom. The number of hydrogen-bond donors (Lipinski definition) is 4. The molecule has 0 aliphatic heterocycles. The van der Waals surface area contributed by atoms with E-state index in [1.807, 2.05) is 74.6 Å². The Hall–Kier alpha value is -5.24. The van der Waals surface area contributed by atoms with Crippen LogP contribution in [0.2, 0.25) is 0 Å². The molecular weight excluding hydrogens is 841 g/mol. The summed E-state index contributed by atoms with van der Waals surface area (Å²) < 4.78 is 4.88. The molecule has 0 bridgehead atoms. The minimum absolute atomic E-state index is 0.0891. The van der Waals surface area contributed by atoms with Gasteiger partial charge in [0, 0.05) is 25.9 Å². The summed E-state index contributed by atoms with van der Waals surface area (Å²) in [4.78, 5) is 28.2. The smallest absolute Gasteiger partial charge is 0.338 e. The number of rotatable bonds is 26. The summed E-state index contributed by atoms with van der Waals surface area (Å²) in [6.45, 7) is 13.0. The molecular formula is C56H76N4O7. The molecule has 0 amide bonds. The molecule has 11 heteroatoms. The fraction of sp³-hybridized carbons (Fsp3) is 0.500. The third-order valence-electron chi connectivity index (χ3n) is 13.5. The van der Waals surface area contributed by atoms with Gasteiger partial charge in [-0.25, -0.2) is 4.79 Å². The van der Waals surface area contributed by atoms with Crippen LogP contribution in [0.25, 0.3) is 0 Å². The van der Waals surface area contributed by atoms with Crippen molar-refractivity contribution in [2.24, 2.45) is 11.8 Å². The number of carbonyl (C=O) groups excluding carboxylic acids is 2. The number of aliphatic hydroxyl groups excluding tert-OH is 4. The van der Waals surface area contributed by atoms with Crippen LogP contribution < -0.4 is 0 Å². The lowest BCUT2D eigenvalue weighted by molar-refractivity contribution is -0.118. The average molecular weight is 917 g/mol. The predicted octanol–water partition coefficient (Wildman–Crippen LogP) is 8.39. The Morgan fingerprint density at radius 3 is 1.54 bits per heavy atom. The Labute approximate surface area is 400 Å². The molecule has 0 aromatic heterocycles. The summed E-state index contributed by atoms with van der Waals surface area (Å²) in [6, 6.07) is 32.1. The molecule has 0 aliphatic rings. The third-order valence-corrected chi connectivity index (χ3v) is 13.5. The normalized spacial score (nSPS) is 13.1. The van der Waals surface area contributed by atoms with Gasteiger partial charge in [0.05, 0.1) is 62.1 Å². The number of carbonyl (C=O) groups is 2. The van der Waals surface area contributed by atoms with E-state index in [-0.39, 0.29) is 50.0 Å². The topological polar surface area (TPSA) is 178 Å². The maximum absolute atomic E-state index is 12.0. The quantitative estimate of drug-likeness (QED) is 0.0445. The van der Waals surface area contributed by atoms with Gasteiger partial charge in [0.15, 0.2) is 0 Å². The van der Waals surface area contributed by atoms with Crippen molar-refractivity contribution in [3.05, 3.63) is 141 Å². The fourth-order valence-corrected chi connectivity index (χ4v) is 8.85. The maximum atomic E-state index is 12.0. The average Bonchev–Trinajstić information content (AvgIpc) is 3.34. The van der Waals surface area contributed by atoms with Crippen LogP contribution in [-0.2, 0) is 66.1 Å². The molecule has 4 aromatic rings. The van der Waals surface area contributed by atoms with E-state index < -0.39 is 10.8 Å². The molecule has 4 rings (SSSR count). The molecule has 4 aromatic carbocycles. The standard InChI is InChI=1S/C29H40N2O3.C27H36N2O4/c1-5-28(34)17-24-9-6-8-23(16-24)12-15-31(4)14-7-13-29(21-30,22(2)3)27-11-10-25(19-32)26(18-27)20-33;1-20(2)27(19-28,24-11-10-22(17-30)23(16-24)18-31)13-7-14-29(3)15-12-21-8-5-6-9-25(21)26(32)33-4/h6,8-11,16,18,22,32-33H,5,7,12-15,17,19-20H2,1-4H3;5-6,8-11,16,20,30-31H,7,12-15,17-18H2,1-4H3. The van der Waals surface area contributed by atoms with Crippen molar-refractivity contribution in [3.63, 3.8) is 0 Å². The molecule has 4 N–H and O–H groups in total. The number of methoxy groups -OCH3 is 1. The fourth-order valence-electron chi connectivity index (χ4n) is 8.85. The molecule has 0 saturated heterocycles. The van der Waals surface area contributed by atoms with Crippen LogP contribution in [0.5, 0.6) is 0 Å². The number of esters is 1. The summed E-state index contributed by atoms with van der Waals surface area (Å²) in [5, 5.41) is 58.8. The molecule has 362 valence electrons. The molecule has 2 atom stereocenters. The second kappa shape index (κ2) is 28.2. The first-order valence-corrected chi connectivity index (χ1v) is 23.7. The van der Waals surface area contributed by atoms with Crippen LogP contribution in [0.3, 0.4) is 0 Å². The highest BCUT2D eigenvalue weighted by Gasteiger charge is 2.37. The van der Waals surface area contributed by atoms with Crippen molar-refractivity contribution in [2.75, 3.05) is 47.4 Å². The molecule has 0 heterocycles. The summed E-state index contributed by atoms with van der Waals surface area (Å²) in [7, 11) is 5.54. The first-order chi connectivity index (χ1) is 32.1. The summed E-state index contributed by atoms with van der Waals surface area (Å²) in [5.41, 5.74) is 7.09. The predicted molar refractivity (Wildman–Crippen MR) is 265 cm³/mol. The van der Waals surface area contributed by atoms with E-state index in [4.69, 9.17) is 4.74 Å². The van der Waals surface area contributed by atoms with Gasteiger partial charge in [0.1, 0.15) is 5.78 Å². The maximum Gasteiger partial charge on any atom is 0.338 e. The minimum atomic E-state index is -0.670. The summed E-state index contributed by atoms with van der Waals surface area (Å²) in [5.74, 6) is 0.144. The van der Waals surface area contributed by atoms with Crippen molar-refractivity contribution in [1.29, 1.82) is 10.5 Å². The van der Waals surface area contributed by atoms with Gasteiger partial charge in [-0.05, 0) is 134 Å². The van der Waals surface area contributed by atoms with Crippen LogP contribution >= 0.6 is 0 Å². The van der Waals surface area contributed by atoms with Gasteiger partial charge < -0.3 is 35.0 Å². The van der Waals surface area contributed by atoms with Gasteiger partial charge in [0.25, 0.3) is 0 Å². The molecule has 67 heavy (non-hydrogen) atoms. The zero-order valence-corrected chi connectivity index (χ0v) is 41.4. The number of Topliss-reactive ketones (excluding diaryl/α,β-unsaturated/α-hetero) is 1. The van der Waals surface area contributed by atoms with E-state index in [0.29, 0.717) is 47.1 Å². The van der Waals surface area contributed by atoms with Crippen LogP contribution in [0.1, 0.15) is 127 Å². The van der Waals surface area contributed by atoms with Gasteiger partial charge in [-0.1, -0.05) is 113 Å². The van der Waals surface area contributed by atoms with E-state index in [0.717, 1.165) is 80.5 Å². The Kier molecular flexibility index (Phi) is 23.6. The van der Waals surface area contributed by atoms with E-state index in [1.54, 1.807) is 12.1 Å². The Morgan fingerprint density at radius 1 is 0.612 bits per heavy atom. The number of benzene rings is 4.